The lowest BCUT2D eigenvalue weighted by Gasteiger charge is -2.28. The summed E-state index contributed by atoms with van der Waals surface area (Å²) in [5.41, 5.74) is 1.38. The lowest BCUT2D eigenvalue weighted by Crippen LogP contribution is -2.36. The van der Waals surface area contributed by atoms with Crippen LogP contribution in [0.5, 0.6) is 0 Å². The van der Waals surface area contributed by atoms with Crippen LogP contribution in [0.1, 0.15) is 44.6 Å². The van der Waals surface area contributed by atoms with Gasteiger partial charge >= 0.3 is 5.97 Å². The van der Waals surface area contributed by atoms with Crippen molar-refractivity contribution in [2.24, 2.45) is 11.8 Å². The molecule has 1 fully saturated rings. The Balaban J connectivity index is 1.73. The lowest BCUT2D eigenvalue weighted by atomic mass is 9.82. The fourth-order valence-electron chi connectivity index (χ4n) is 3.21. The molecule has 21 heavy (non-hydrogen) atoms. The van der Waals surface area contributed by atoms with E-state index in [2.05, 4.69) is 42.6 Å². The van der Waals surface area contributed by atoms with Crippen LogP contribution in [-0.2, 0) is 11.2 Å². The van der Waals surface area contributed by atoms with Gasteiger partial charge in [0.25, 0.3) is 0 Å². The van der Waals surface area contributed by atoms with Crippen molar-refractivity contribution in [3.8, 4) is 0 Å². The monoisotopic (exact) mass is 289 g/mol. The zero-order chi connectivity index (χ0) is 15.1. The molecule has 3 nitrogen and oxygen atoms in total. The smallest absolute Gasteiger partial charge is 0.306 e. The van der Waals surface area contributed by atoms with E-state index in [-0.39, 0.29) is 5.92 Å². The highest BCUT2D eigenvalue weighted by Crippen LogP contribution is 2.28. The molecule has 3 heteroatoms. The van der Waals surface area contributed by atoms with Crippen molar-refractivity contribution < 1.29 is 9.90 Å². The summed E-state index contributed by atoms with van der Waals surface area (Å²) in [4.78, 5) is 11.0. The SMILES string of the molecule is CCC(Cc1ccccc1)NCC1CCC(C(=O)O)CC1. The third-order valence-corrected chi connectivity index (χ3v) is 4.71. The van der Waals surface area contributed by atoms with Crippen LogP contribution in [0.15, 0.2) is 30.3 Å². The van der Waals surface area contributed by atoms with Crippen LogP contribution in [0.4, 0.5) is 0 Å². The van der Waals surface area contributed by atoms with Crippen molar-refractivity contribution in [3.63, 3.8) is 0 Å². The highest BCUT2D eigenvalue weighted by molar-refractivity contribution is 5.69. The highest BCUT2D eigenvalue weighted by atomic mass is 16.4. The molecule has 0 heterocycles. The van der Waals surface area contributed by atoms with Gasteiger partial charge in [-0.2, -0.15) is 0 Å². The first-order valence-corrected chi connectivity index (χ1v) is 8.19. The predicted molar refractivity (Wildman–Crippen MR) is 85.3 cm³/mol. The third kappa shape index (κ3) is 5.16. The van der Waals surface area contributed by atoms with Gasteiger partial charge in [-0.15, -0.1) is 0 Å². The number of hydrogen-bond acceptors (Lipinski definition) is 2. The number of rotatable bonds is 7. The summed E-state index contributed by atoms with van der Waals surface area (Å²) in [6.45, 7) is 3.25. The maximum Gasteiger partial charge on any atom is 0.306 e. The summed E-state index contributed by atoms with van der Waals surface area (Å²) in [7, 11) is 0. The van der Waals surface area contributed by atoms with E-state index in [9.17, 15) is 4.79 Å². The Morgan fingerprint density at radius 2 is 1.90 bits per heavy atom. The van der Waals surface area contributed by atoms with Crippen LogP contribution < -0.4 is 5.32 Å². The first kappa shape index (κ1) is 16.0. The van der Waals surface area contributed by atoms with E-state index in [1.54, 1.807) is 0 Å². The second-order valence-electron chi connectivity index (χ2n) is 6.26. The van der Waals surface area contributed by atoms with Crippen LogP contribution in [-0.4, -0.2) is 23.7 Å². The van der Waals surface area contributed by atoms with E-state index < -0.39 is 5.97 Å². The van der Waals surface area contributed by atoms with Gasteiger partial charge in [-0.25, -0.2) is 0 Å². The first-order valence-electron chi connectivity index (χ1n) is 8.19. The molecule has 0 radical (unpaired) electrons. The van der Waals surface area contributed by atoms with Crippen molar-refractivity contribution in [2.75, 3.05) is 6.54 Å². The van der Waals surface area contributed by atoms with Gasteiger partial charge in [0, 0.05) is 6.04 Å². The second kappa shape index (κ2) is 8.18. The molecule has 2 N–H and O–H groups in total. The fourth-order valence-corrected chi connectivity index (χ4v) is 3.21. The summed E-state index contributed by atoms with van der Waals surface area (Å²) < 4.78 is 0. The largest absolute Gasteiger partial charge is 0.481 e. The number of carboxylic acid groups (broad SMARTS) is 1. The van der Waals surface area contributed by atoms with Gasteiger partial charge in [0.15, 0.2) is 0 Å². The molecule has 1 aliphatic rings. The maximum atomic E-state index is 11.0. The normalized spacial score (nSPS) is 23.7. The minimum Gasteiger partial charge on any atom is -0.481 e. The average Bonchev–Trinajstić information content (AvgIpc) is 2.52. The van der Waals surface area contributed by atoms with Gasteiger partial charge in [0.05, 0.1) is 5.92 Å². The minimum absolute atomic E-state index is 0.104. The summed E-state index contributed by atoms with van der Waals surface area (Å²) in [6, 6.07) is 11.1. The fraction of sp³-hybridized carbons (Fsp3) is 0.611. The standard InChI is InChI=1S/C18H27NO2/c1-2-17(12-14-6-4-3-5-7-14)19-13-15-8-10-16(11-9-15)18(20)21/h3-7,15-17,19H,2,8-13H2,1H3,(H,20,21). The van der Waals surface area contributed by atoms with Crippen molar-refractivity contribution in [1.82, 2.24) is 5.32 Å². The highest BCUT2D eigenvalue weighted by Gasteiger charge is 2.25. The van der Waals surface area contributed by atoms with Crippen LogP contribution in [0.2, 0.25) is 0 Å². The molecule has 0 aromatic heterocycles. The molecular weight excluding hydrogens is 262 g/mol. The summed E-state index contributed by atoms with van der Waals surface area (Å²) in [6.07, 6.45) is 5.98. The Hall–Kier alpha value is -1.35. The van der Waals surface area contributed by atoms with Crippen LogP contribution in [0.3, 0.4) is 0 Å². The Labute approximate surface area is 127 Å². The Morgan fingerprint density at radius 1 is 1.24 bits per heavy atom. The summed E-state index contributed by atoms with van der Waals surface area (Å²) in [5, 5.41) is 12.7. The average molecular weight is 289 g/mol. The maximum absolute atomic E-state index is 11.0. The molecule has 1 atom stereocenters. The quantitative estimate of drug-likeness (QED) is 0.808. The van der Waals surface area contributed by atoms with E-state index in [1.165, 1.54) is 5.56 Å². The molecule has 0 amide bonds. The number of carbonyl (C=O) groups is 1. The number of aliphatic carboxylic acids is 1. The third-order valence-electron chi connectivity index (χ3n) is 4.71. The molecule has 0 aliphatic heterocycles. The Kier molecular flexibility index (Phi) is 6.24. The van der Waals surface area contributed by atoms with Crippen molar-refractivity contribution in [2.45, 2.75) is 51.5 Å². The molecule has 1 aromatic carbocycles. The summed E-state index contributed by atoms with van der Waals surface area (Å²) >= 11 is 0. The van der Waals surface area contributed by atoms with Gasteiger partial charge in [0.2, 0.25) is 0 Å². The zero-order valence-corrected chi connectivity index (χ0v) is 12.9. The Morgan fingerprint density at radius 3 is 2.48 bits per heavy atom. The van der Waals surface area contributed by atoms with Gasteiger partial charge in [-0.3, -0.25) is 4.79 Å². The molecule has 0 bridgehead atoms. The number of hydrogen-bond donors (Lipinski definition) is 2. The predicted octanol–water partition coefficient (Wildman–Crippen LogP) is 3.49. The molecule has 1 unspecified atom stereocenters. The van der Waals surface area contributed by atoms with E-state index >= 15 is 0 Å². The van der Waals surface area contributed by atoms with E-state index in [0.29, 0.717) is 12.0 Å². The van der Waals surface area contributed by atoms with Crippen LogP contribution in [0, 0.1) is 11.8 Å². The molecule has 0 spiro atoms. The van der Waals surface area contributed by atoms with E-state index in [1.807, 2.05) is 0 Å². The van der Waals surface area contributed by atoms with Gasteiger partial charge < -0.3 is 10.4 Å². The molecule has 2 rings (SSSR count). The molecule has 0 saturated heterocycles. The zero-order valence-electron chi connectivity index (χ0n) is 12.9. The van der Waals surface area contributed by atoms with Crippen molar-refractivity contribution in [1.29, 1.82) is 0 Å². The van der Waals surface area contributed by atoms with Crippen molar-refractivity contribution in [3.05, 3.63) is 35.9 Å². The second-order valence-corrected chi connectivity index (χ2v) is 6.26. The van der Waals surface area contributed by atoms with Gasteiger partial charge in [-0.1, -0.05) is 37.3 Å². The topological polar surface area (TPSA) is 49.3 Å². The molecule has 1 aromatic rings. The molecule has 116 valence electrons. The molecule has 1 aliphatic carbocycles. The van der Waals surface area contributed by atoms with E-state index in [0.717, 1.165) is 45.1 Å². The number of carboxylic acids is 1. The molecular formula is C18H27NO2. The lowest BCUT2D eigenvalue weighted by molar-refractivity contribution is -0.143. The van der Waals surface area contributed by atoms with Crippen LogP contribution >= 0.6 is 0 Å². The number of benzene rings is 1. The van der Waals surface area contributed by atoms with E-state index in [4.69, 9.17) is 5.11 Å². The van der Waals surface area contributed by atoms with Gasteiger partial charge in [-0.05, 0) is 56.6 Å². The summed E-state index contributed by atoms with van der Waals surface area (Å²) in [5.74, 6) is -0.0742. The minimum atomic E-state index is -0.614. The first-order chi connectivity index (χ1) is 10.2. The molecule has 1 saturated carbocycles. The van der Waals surface area contributed by atoms with Crippen LogP contribution in [0.25, 0.3) is 0 Å². The Bertz CT molecular complexity index is 424. The number of nitrogens with one attached hydrogen (secondary N) is 1. The van der Waals surface area contributed by atoms with Crippen molar-refractivity contribution >= 4 is 5.97 Å². The van der Waals surface area contributed by atoms with Gasteiger partial charge in [0.1, 0.15) is 0 Å².